The Labute approximate surface area is 159 Å². The summed E-state index contributed by atoms with van der Waals surface area (Å²) >= 11 is 5.97. The second-order valence-corrected chi connectivity index (χ2v) is 6.57. The van der Waals surface area contributed by atoms with Crippen LogP contribution in [-0.2, 0) is 17.8 Å². The summed E-state index contributed by atoms with van der Waals surface area (Å²) in [5, 5.41) is 0.694. The van der Waals surface area contributed by atoms with Crippen LogP contribution in [0.2, 0.25) is 5.02 Å². The molecule has 0 unspecified atom stereocenters. The quantitative estimate of drug-likeness (QED) is 0.863. The number of carbonyl (C=O) groups excluding carboxylic acids is 1. The molecule has 0 saturated carbocycles. The lowest BCUT2D eigenvalue weighted by atomic mass is 10.1. The monoisotopic (exact) mass is 380 g/mol. The summed E-state index contributed by atoms with van der Waals surface area (Å²) in [5.41, 5.74) is 7.82. The van der Waals surface area contributed by atoms with E-state index in [-0.39, 0.29) is 24.4 Å². The molecule has 0 spiro atoms. The molecule has 134 valence electrons. The van der Waals surface area contributed by atoms with Crippen LogP contribution in [0.25, 0.3) is 0 Å². The fraction of sp³-hybridized carbons (Fsp3) is 0.316. The third-order valence-electron chi connectivity index (χ3n) is 4.13. The second kappa shape index (κ2) is 9.09. The van der Waals surface area contributed by atoms with E-state index >= 15 is 0 Å². The standard InChI is InChI=1S/C19H21ClN2O2.ClH/c20-16-5-1-4-15(9-16)13-24-18-6-2-3-14(10-18)11-19(23)22-8-7-17(21)12-22;/h1-6,9-10,17H,7-8,11-13,21H2;1H/t17-;/m1./s1. The van der Waals surface area contributed by atoms with Crippen molar-refractivity contribution in [3.8, 4) is 5.75 Å². The highest BCUT2D eigenvalue weighted by molar-refractivity contribution is 6.30. The predicted molar refractivity (Wildman–Crippen MR) is 102 cm³/mol. The molecule has 2 aromatic rings. The lowest BCUT2D eigenvalue weighted by Crippen LogP contribution is -2.32. The highest BCUT2D eigenvalue weighted by Gasteiger charge is 2.23. The van der Waals surface area contributed by atoms with Crippen molar-refractivity contribution in [1.29, 1.82) is 0 Å². The van der Waals surface area contributed by atoms with Gasteiger partial charge in [-0.3, -0.25) is 4.79 Å². The van der Waals surface area contributed by atoms with Gasteiger partial charge in [0.25, 0.3) is 0 Å². The molecule has 3 rings (SSSR count). The lowest BCUT2D eigenvalue weighted by Gasteiger charge is -2.16. The molecule has 1 atom stereocenters. The minimum Gasteiger partial charge on any atom is -0.489 e. The van der Waals surface area contributed by atoms with E-state index in [0.717, 1.165) is 29.8 Å². The number of halogens is 2. The van der Waals surface area contributed by atoms with Crippen LogP contribution in [0, 0.1) is 0 Å². The summed E-state index contributed by atoms with van der Waals surface area (Å²) in [5.74, 6) is 0.869. The summed E-state index contributed by atoms with van der Waals surface area (Å²) in [4.78, 5) is 14.1. The van der Waals surface area contributed by atoms with E-state index in [1.54, 1.807) is 0 Å². The summed E-state index contributed by atoms with van der Waals surface area (Å²) in [6, 6.07) is 15.4. The summed E-state index contributed by atoms with van der Waals surface area (Å²) < 4.78 is 5.81. The number of likely N-dealkylation sites (tertiary alicyclic amines) is 1. The van der Waals surface area contributed by atoms with E-state index in [9.17, 15) is 4.79 Å². The van der Waals surface area contributed by atoms with E-state index in [1.165, 1.54) is 0 Å². The number of hydrogen-bond donors (Lipinski definition) is 1. The molecule has 0 aliphatic carbocycles. The molecule has 2 N–H and O–H groups in total. The molecule has 1 aliphatic rings. The van der Waals surface area contributed by atoms with Gasteiger partial charge in [-0.05, 0) is 41.8 Å². The number of hydrogen-bond acceptors (Lipinski definition) is 3. The van der Waals surface area contributed by atoms with E-state index < -0.39 is 0 Å². The van der Waals surface area contributed by atoms with Gasteiger partial charge in [-0.2, -0.15) is 0 Å². The molecule has 1 amide bonds. The van der Waals surface area contributed by atoms with Gasteiger partial charge in [0.2, 0.25) is 5.91 Å². The van der Waals surface area contributed by atoms with Gasteiger partial charge < -0.3 is 15.4 Å². The Hall–Kier alpha value is -1.75. The maximum absolute atomic E-state index is 12.3. The van der Waals surface area contributed by atoms with Crippen LogP contribution in [-0.4, -0.2) is 29.9 Å². The molecule has 6 heteroatoms. The molecule has 1 saturated heterocycles. The van der Waals surface area contributed by atoms with Gasteiger partial charge in [0, 0.05) is 24.2 Å². The minimum atomic E-state index is 0. The van der Waals surface area contributed by atoms with E-state index in [4.69, 9.17) is 22.1 Å². The van der Waals surface area contributed by atoms with Crippen molar-refractivity contribution in [2.24, 2.45) is 5.73 Å². The summed E-state index contributed by atoms with van der Waals surface area (Å²) in [7, 11) is 0. The molecule has 25 heavy (non-hydrogen) atoms. The van der Waals surface area contributed by atoms with Crippen LogP contribution < -0.4 is 10.5 Å². The Morgan fingerprint density at radius 3 is 2.68 bits per heavy atom. The smallest absolute Gasteiger partial charge is 0.227 e. The Morgan fingerprint density at radius 1 is 1.20 bits per heavy atom. The molecular formula is C19H22Cl2N2O2. The first-order chi connectivity index (χ1) is 11.6. The van der Waals surface area contributed by atoms with Crippen molar-refractivity contribution in [1.82, 2.24) is 4.90 Å². The predicted octanol–water partition coefficient (Wildman–Crippen LogP) is 3.44. The number of ether oxygens (including phenoxy) is 1. The van der Waals surface area contributed by atoms with Gasteiger partial charge in [0.15, 0.2) is 0 Å². The van der Waals surface area contributed by atoms with Gasteiger partial charge in [-0.25, -0.2) is 0 Å². The summed E-state index contributed by atoms with van der Waals surface area (Å²) in [6.45, 7) is 1.85. The maximum Gasteiger partial charge on any atom is 0.227 e. The van der Waals surface area contributed by atoms with Crippen molar-refractivity contribution < 1.29 is 9.53 Å². The number of nitrogens with two attached hydrogens (primary N) is 1. The minimum absolute atomic E-state index is 0. The molecule has 1 heterocycles. The van der Waals surface area contributed by atoms with Crippen molar-refractivity contribution in [3.05, 3.63) is 64.7 Å². The van der Waals surface area contributed by atoms with Crippen LogP contribution >= 0.6 is 24.0 Å². The maximum atomic E-state index is 12.3. The topological polar surface area (TPSA) is 55.6 Å². The van der Waals surface area contributed by atoms with E-state index in [1.807, 2.05) is 53.4 Å². The molecule has 0 radical (unpaired) electrons. The fourth-order valence-electron chi connectivity index (χ4n) is 2.84. The number of carbonyl (C=O) groups is 1. The molecule has 1 aliphatic heterocycles. The van der Waals surface area contributed by atoms with Gasteiger partial charge in [-0.1, -0.05) is 35.9 Å². The third-order valence-corrected chi connectivity index (χ3v) is 4.36. The molecule has 0 bridgehead atoms. The molecule has 4 nitrogen and oxygen atoms in total. The van der Waals surface area contributed by atoms with Crippen molar-refractivity contribution in [3.63, 3.8) is 0 Å². The third kappa shape index (κ3) is 5.63. The average Bonchev–Trinajstić information content (AvgIpc) is 3.00. The fourth-order valence-corrected chi connectivity index (χ4v) is 3.05. The lowest BCUT2D eigenvalue weighted by molar-refractivity contribution is -0.129. The zero-order chi connectivity index (χ0) is 16.9. The molecule has 1 fully saturated rings. The number of benzene rings is 2. The van der Waals surface area contributed by atoms with Crippen LogP contribution in [0.1, 0.15) is 17.5 Å². The van der Waals surface area contributed by atoms with Crippen LogP contribution in [0.5, 0.6) is 5.75 Å². The Balaban J connectivity index is 0.00000225. The van der Waals surface area contributed by atoms with Crippen molar-refractivity contribution in [2.75, 3.05) is 13.1 Å². The van der Waals surface area contributed by atoms with E-state index in [0.29, 0.717) is 24.6 Å². The van der Waals surface area contributed by atoms with Crippen molar-refractivity contribution in [2.45, 2.75) is 25.5 Å². The van der Waals surface area contributed by atoms with Gasteiger partial charge in [0.05, 0.1) is 6.42 Å². The first kappa shape index (κ1) is 19.6. The number of amides is 1. The Kier molecular flexibility index (Phi) is 7.12. The van der Waals surface area contributed by atoms with Crippen LogP contribution in [0.3, 0.4) is 0 Å². The average molecular weight is 381 g/mol. The molecule has 2 aromatic carbocycles. The Morgan fingerprint density at radius 2 is 1.96 bits per heavy atom. The largest absolute Gasteiger partial charge is 0.489 e. The number of nitrogens with zero attached hydrogens (tertiary/aromatic N) is 1. The molecule has 0 aromatic heterocycles. The SMILES string of the molecule is Cl.N[C@@H]1CCN(C(=O)Cc2cccc(OCc3cccc(Cl)c3)c2)C1. The van der Waals surface area contributed by atoms with Crippen molar-refractivity contribution >= 4 is 29.9 Å². The first-order valence-electron chi connectivity index (χ1n) is 8.10. The zero-order valence-corrected chi connectivity index (χ0v) is 15.4. The normalized spacial score (nSPS) is 16.4. The second-order valence-electron chi connectivity index (χ2n) is 6.13. The highest BCUT2D eigenvalue weighted by Crippen LogP contribution is 2.18. The zero-order valence-electron chi connectivity index (χ0n) is 13.9. The highest BCUT2D eigenvalue weighted by atomic mass is 35.5. The van der Waals surface area contributed by atoms with Crippen LogP contribution in [0.4, 0.5) is 0 Å². The first-order valence-corrected chi connectivity index (χ1v) is 8.47. The number of rotatable bonds is 5. The van der Waals surface area contributed by atoms with Gasteiger partial charge >= 0.3 is 0 Å². The van der Waals surface area contributed by atoms with E-state index in [2.05, 4.69) is 0 Å². The Bertz CT molecular complexity index is 724. The summed E-state index contributed by atoms with van der Waals surface area (Å²) in [6.07, 6.45) is 1.26. The van der Waals surface area contributed by atoms with Crippen LogP contribution in [0.15, 0.2) is 48.5 Å². The van der Waals surface area contributed by atoms with Gasteiger partial charge in [0.1, 0.15) is 12.4 Å². The molecular weight excluding hydrogens is 359 g/mol. The van der Waals surface area contributed by atoms with Gasteiger partial charge in [-0.15, -0.1) is 12.4 Å².